The molecule has 0 spiro atoms. The summed E-state index contributed by atoms with van der Waals surface area (Å²) in [5, 5.41) is 9.07. The van der Waals surface area contributed by atoms with E-state index in [-0.39, 0.29) is 24.0 Å². The van der Waals surface area contributed by atoms with Crippen molar-refractivity contribution in [2.75, 3.05) is 37.1 Å². The van der Waals surface area contributed by atoms with Crippen LogP contribution in [0.3, 0.4) is 0 Å². The van der Waals surface area contributed by atoms with E-state index in [0.717, 1.165) is 18.9 Å². The van der Waals surface area contributed by atoms with Crippen molar-refractivity contribution in [3.05, 3.63) is 70.1 Å². The highest BCUT2D eigenvalue weighted by molar-refractivity contribution is 6.31. The zero-order chi connectivity index (χ0) is 28.6. The van der Waals surface area contributed by atoms with E-state index in [2.05, 4.69) is 4.98 Å². The molecule has 1 aliphatic heterocycles. The minimum Gasteiger partial charge on any atom is -0.494 e. The molecule has 39 heavy (non-hydrogen) atoms. The number of ether oxygens (including phenoxy) is 1. The number of benzene rings is 2. The fraction of sp³-hybridized carbons (Fsp3) is 0.379. The third-order valence-corrected chi connectivity index (χ3v) is 7.77. The highest BCUT2D eigenvalue weighted by Gasteiger charge is 2.38. The number of nitrogens with zero attached hydrogens (tertiary/aromatic N) is 3. The number of aliphatic hydroxyl groups excluding tert-OH is 1. The summed E-state index contributed by atoms with van der Waals surface area (Å²) in [4.78, 5) is 21.9. The van der Waals surface area contributed by atoms with E-state index in [1.807, 2.05) is 11.0 Å². The van der Waals surface area contributed by atoms with Gasteiger partial charge in [0.1, 0.15) is 22.5 Å². The van der Waals surface area contributed by atoms with Gasteiger partial charge in [-0.05, 0) is 69.0 Å². The maximum absolute atomic E-state index is 15.2. The van der Waals surface area contributed by atoms with E-state index in [0.29, 0.717) is 34.7 Å². The standard InChI is InChI=1S/C29H31ClF3N3O3/c1-16-11-17(31)8-9-19(16)20-12-24(36-10-6-7-18(36)15-37)34-14-22(20)35(4)28(38)29(2,3)21-13-23(39-5)27(33)25(30)26(21)32/h8-9,11-14,18,37H,6-7,10,15H2,1-5H3. The van der Waals surface area contributed by atoms with Crippen LogP contribution in [0.1, 0.15) is 37.8 Å². The molecule has 1 N–H and O–H groups in total. The molecule has 1 amide bonds. The molecule has 4 rings (SSSR count). The number of likely N-dealkylation sites (N-methyl/N-ethyl adjacent to an activating group) is 1. The Kier molecular flexibility index (Phi) is 8.14. The van der Waals surface area contributed by atoms with Crippen LogP contribution in [0, 0.1) is 24.4 Å². The van der Waals surface area contributed by atoms with Crippen molar-refractivity contribution in [3.63, 3.8) is 0 Å². The van der Waals surface area contributed by atoms with Crippen LogP contribution in [0.15, 0.2) is 36.5 Å². The van der Waals surface area contributed by atoms with Gasteiger partial charge >= 0.3 is 0 Å². The number of hydrogen-bond donors (Lipinski definition) is 1. The lowest BCUT2D eigenvalue weighted by atomic mass is 9.82. The fourth-order valence-corrected chi connectivity index (χ4v) is 5.36. The van der Waals surface area contributed by atoms with Crippen LogP contribution in [0.2, 0.25) is 5.02 Å². The Morgan fingerprint density at radius 2 is 1.92 bits per heavy atom. The largest absolute Gasteiger partial charge is 0.494 e. The van der Waals surface area contributed by atoms with Crippen molar-refractivity contribution in [2.45, 2.75) is 45.1 Å². The Balaban J connectivity index is 1.83. The maximum atomic E-state index is 15.2. The second kappa shape index (κ2) is 11.1. The van der Waals surface area contributed by atoms with E-state index in [1.165, 1.54) is 45.0 Å². The van der Waals surface area contributed by atoms with E-state index in [1.54, 1.807) is 19.2 Å². The lowest BCUT2D eigenvalue weighted by Crippen LogP contribution is -2.42. The smallest absolute Gasteiger partial charge is 0.236 e. The molecule has 2 aromatic carbocycles. The van der Waals surface area contributed by atoms with Gasteiger partial charge in [-0.15, -0.1) is 0 Å². The lowest BCUT2D eigenvalue weighted by Gasteiger charge is -2.32. The van der Waals surface area contributed by atoms with Crippen molar-refractivity contribution in [1.29, 1.82) is 0 Å². The second-order valence-electron chi connectivity index (χ2n) is 10.2. The number of halogens is 4. The lowest BCUT2D eigenvalue weighted by molar-refractivity contribution is -0.122. The molecule has 1 fully saturated rings. The average molecular weight is 562 g/mol. The average Bonchev–Trinajstić information content (AvgIpc) is 3.40. The van der Waals surface area contributed by atoms with Crippen LogP contribution in [-0.2, 0) is 10.2 Å². The van der Waals surface area contributed by atoms with Crippen LogP contribution < -0.4 is 14.5 Å². The first-order chi connectivity index (χ1) is 18.4. The summed E-state index contributed by atoms with van der Waals surface area (Å²) in [6, 6.07) is 7.25. The normalized spacial score (nSPS) is 15.5. The van der Waals surface area contributed by atoms with Gasteiger partial charge in [-0.1, -0.05) is 17.7 Å². The van der Waals surface area contributed by atoms with Gasteiger partial charge in [0.15, 0.2) is 11.6 Å². The number of amides is 1. The third-order valence-electron chi connectivity index (χ3n) is 7.44. The first-order valence-corrected chi connectivity index (χ1v) is 12.9. The summed E-state index contributed by atoms with van der Waals surface area (Å²) >= 11 is 5.89. The Bertz CT molecular complexity index is 1420. The summed E-state index contributed by atoms with van der Waals surface area (Å²) in [6.45, 7) is 5.49. The van der Waals surface area contributed by atoms with E-state index in [4.69, 9.17) is 16.3 Å². The maximum Gasteiger partial charge on any atom is 0.236 e. The Morgan fingerprint density at radius 1 is 1.21 bits per heavy atom. The third kappa shape index (κ3) is 5.17. The van der Waals surface area contributed by atoms with Gasteiger partial charge in [0, 0.05) is 24.7 Å². The molecule has 0 aliphatic carbocycles. The highest BCUT2D eigenvalue weighted by Crippen LogP contribution is 2.41. The predicted octanol–water partition coefficient (Wildman–Crippen LogP) is 6.04. The molecule has 1 saturated heterocycles. The molecule has 3 aromatic rings. The van der Waals surface area contributed by atoms with E-state index >= 15 is 4.39 Å². The van der Waals surface area contributed by atoms with Gasteiger partial charge in [-0.3, -0.25) is 4.79 Å². The van der Waals surface area contributed by atoms with Crippen LogP contribution in [-0.4, -0.2) is 49.3 Å². The summed E-state index contributed by atoms with van der Waals surface area (Å²) in [7, 11) is 2.76. The van der Waals surface area contributed by atoms with Crippen molar-refractivity contribution in [1.82, 2.24) is 4.98 Å². The molecule has 2 heterocycles. The number of rotatable bonds is 7. The number of hydrogen-bond acceptors (Lipinski definition) is 5. The minimum absolute atomic E-state index is 0.0177. The zero-order valence-corrected chi connectivity index (χ0v) is 23.2. The van der Waals surface area contributed by atoms with Crippen LogP contribution >= 0.6 is 11.6 Å². The number of anilines is 2. The highest BCUT2D eigenvalue weighted by atomic mass is 35.5. The number of aromatic nitrogens is 1. The van der Waals surface area contributed by atoms with Gasteiger partial charge in [-0.2, -0.15) is 0 Å². The predicted molar refractivity (Wildman–Crippen MR) is 146 cm³/mol. The van der Waals surface area contributed by atoms with Crippen molar-refractivity contribution < 1.29 is 27.8 Å². The monoisotopic (exact) mass is 561 g/mol. The SMILES string of the molecule is COc1cc(C(C)(C)C(=O)N(C)c2cnc(N3CCCC3CO)cc2-c2ccc(F)cc2C)c(F)c(Cl)c1F. The molecule has 1 aromatic heterocycles. The number of aliphatic hydroxyl groups is 1. The van der Waals surface area contributed by atoms with Crippen LogP contribution in [0.4, 0.5) is 24.7 Å². The molecule has 208 valence electrons. The molecule has 0 saturated carbocycles. The Morgan fingerprint density at radius 3 is 2.56 bits per heavy atom. The zero-order valence-electron chi connectivity index (χ0n) is 22.5. The molecule has 1 unspecified atom stereocenters. The number of carbonyl (C=O) groups is 1. The molecule has 0 radical (unpaired) electrons. The molecule has 0 bridgehead atoms. The summed E-state index contributed by atoms with van der Waals surface area (Å²) in [6.07, 6.45) is 3.27. The molecule has 1 aliphatic rings. The molecule has 6 nitrogen and oxygen atoms in total. The first kappa shape index (κ1) is 28.7. The van der Waals surface area contributed by atoms with Crippen molar-refractivity contribution >= 4 is 29.0 Å². The minimum atomic E-state index is -1.49. The topological polar surface area (TPSA) is 65.9 Å². The van der Waals surface area contributed by atoms with Gasteiger partial charge in [0.2, 0.25) is 5.91 Å². The fourth-order valence-electron chi connectivity index (χ4n) is 5.16. The molecular weight excluding hydrogens is 531 g/mol. The van der Waals surface area contributed by atoms with E-state index < -0.39 is 33.8 Å². The number of carbonyl (C=O) groups excluding carboxylic acids is 1. The summed E-state index contributed by atoms with van der Waals surface area (Å²) < 4.78 is 48.5. The molecule has 10 heteroatoms. The quantitative estimate of drug-likeness (QED) is 0.356. The number of aryl methyl sites for hydroxylation is 1. The first-order valence-electron chi connectivity index (χ1n) is 12.6. The number of methoxy groups -OCH3 is 1. The number of pyridine rings is 1. The van der Waals surface area contributed by atoms with Crippen molar-refractivity contribution in [2.24, 2.45) is 0 Å². The second-order valence-corrected chi connectivity index (χ2v) is 10.6. The summed E-state index contributed by atoms with van der Waals surface area (Å²) in [5.41, 5.74) is 0.734. The molecular formula is C29H31ClF3N3O3. The Hall–Kier alpha value is -3.30. The molecule has 1 atom stereocenters. The Labute approximate surface area is 231 Å². The van der Waals surface area contributed by atoms with Crippen LogP contribution in [0.25, 0.3) is 11.1 Å². The van der Waals surface area contributed by atoms with Crippen molar-refractivity contribution in [3.8, 4) is 16.9 Å². The van der Waals surface area contributed by atoms with Crippen LogP contribution in [0.5, 0.6) is 5.75 Å². The van der Waals surface area contributed by atoms with Gasteiger partial charge in [0.25, 0.3) is 0 Å². The summed E-state index contributed by atoms with van der Waals surface area (Å²) in [5.74, 6) is -2.66. The van der Waals surface area contributed by atoms with E-state index in [9.17, 15) is 18.7 Å². The van der Waals surface area contributed by atoms with Gasteiger partial charge in [0.05, 0.1) is 37.1 Å². The van der Waals surface area contributed by atoms with Gasteiger partial charge < -0.3 is 19.6 Å². The van der Waals surface area contributed by atoms with Gasteiger partial charge in [-0.25, -0.2) is 18.2 Å².